The molecule has 0 rings (SSSR count). The molecule has 0 fully saturated rings. The predicted octanol–water partition coefficient (Wildman–Crippen LogP) is 14.1. The fourth-order valence-electron chi connectivity index (χ4n) is 6.67. The van der Waals surface area contributed by atoms with Gasteiger partial charge in [0.15, 0.2) is 6.10 Å². The minimum atomic E-state index is -0.767. The van der Waals surface area contributed by atoms with Crippen molar-refractivity contribution >= 4 is 11.9 Å². The lowest BCUT2D eigenvalue weighted by atomic mass is 10.0. The molecule has 0 bridgehead atoms. The molecule has 0 saturated carbocycles. The number of hydrogen-bond acceptors (Lipinski definition) is 5. The molecule has 0 radical (unpaired) electrons. The van der Waals surface area contributed by atoms with E-state index in [1.807, 2.05) is 0 Å². The third-order valence-electron chi connectivity index (χ3n) is 10.1. The monoisotopic (exact) mass is 707 g/mol. The molecule has 0 saturated heterocycles. The molecule has 0 aromatic carbocycles. The molecule has 0 unspecified atom stereocenters. The molecule has 0 amide bonds. The van der Waals surface area contributed by atoms with Gasteiger partial charge in [-0.05, 0) is 38.5 Å². The molecule has 0 aliphatic carbocycles. The largest absolute Gasteiger partial charge is 0.462 e. The number of ether oxygens (including phenoxy) is 2. The SMILES string of the molecule is CCCCCCCC/C=C/CCCCCCCCCC(=O)O[C@@H](CO)COC(=O)CCCCCCCCCCCCCCCCCCCCC. The second kappa shape index (κ2) is 42.1. The van der Waals surface area contributed by atoms with Gasteiger partial charge in [0.25, 0.3) is 0 Å². The van der Waals surface area contributed by atoms with Crippen LogP contribution in [0.4, 0.5) is 0 Å². The number of aliphatic hydroxyl groups excluding tert-OH is 1. The maximum Gasteiger partial charge on any atom is 0.306 e. The highest BCUT2D eigenvalue weighted by molar-refractivity contribution is 5.70. The highest BCUT2D eigenvalue weighted by atomic mass is 16.6. The number of hydrogen-bond donors (Lipinski definition) is 1. The average Bonchev–Trinajstić information content (AvgIpc) is 3.12. The molecule has 0 aromatic heterocycles. The van der Waals surface area contributed by atoms with Crippen LogP contribution < -0.4 is 0 Å². The summed E-state index contributed by atoms with van der Waals surface area (Å²) >= 11 is 0. The second-order valence-corrected chi connectivity index (χ2v) is 15.1. The van der Waals surface area contributed by atoms with E-state index in [0.29, 0.717) is 12.8 Å². The number of rotatable bonds is 41. The minimum Gasteiger partial charge on any atom is -0.462 e. The van der Waals surface area contributed by atoms with Gasteiger partial charge in [-0.2, -0.15) is 0 Å². The molecular formula is C45H86O5. The van der Waals surface area contributed by atoms with Crippen molar-refractivity contribution in [3.8, 4) is 0 Å². The van der Waals surface area contributed by atoms with Crippen molar-refractivity contribution in [2.24, 2.45) is 0 Å². The zero-order valence-corrected chi connectivity index (χ0v) is 33.7. The number of carbonyl (C=O) groups is 2. The summed E-state index contributed by atoms with van der Waals surface area (Å²) in [4.78, 5) is 24.3. The summed E-state index contributed by atoms with van der Waals surface area (Å²) in [6.45, 7) is 4.16. The molecule has 50 heavy (non-hydrogen) atoms. The van der Waals surface area contributed by atoms with E-state index in [2.05, 4.69) is 26.0 Å². The van der Waals surface area contributed by atoms with Crippen molar-refractivity contribution in [3.63, 3.8) is 0 Å². The van der Waals surface area contributed by atoms with E-state index < -0.39 is 6.10 Å². The minimum absolute atomic E-state index is 0.0611. The maximum atomic E-state index is 12.2. The molecule has 0 aliphatic rings. The number of aliphatic hydroxyl groups is 1. The summed E-state index contributed by atoms with van der Waals surface area (Å²) in [7, 11) is 0. The Balaban J connectivity index is 3.48. The summed E-state index contributed by atoms with van der Waals surface area (Å²) in [5.74, 6) is -0.581. The third-order valence-corrected chi connectivity index (χ3v) is 10.1. The lowest BCUT2D eigenvalue weighted by Gasteiger charge is -2.15. The Morgan fingerprint density at radius 2 is 0.740 bits per heavy atom. The van der Waals surface area contributed by atoms with Gasteiger partial charge in [0.2, 0.25) is 0 Å². The van der Waals surface area contributed by atoms with E-state index in [1.165, 1.54) is 186 Å². The summed E-state index contributed by atoms with van der Waals surface area (Å²) in [5, 5.41) is 9.58. The highest BCUT2D eigenvalue weighted by Gasteiger charge is 2.16. The fourth-order valence-corrected chi connectivity index (χ4v) is 6.67. The Labute approximate surface area is 311 Å². The van der Waals surface area contributed by atoms with E-state index in [4.69, 9.17) is 9.47 Å². The van der Waals surface area contributed by atoms with Gasteiger partial charge in [-0.3, -0.25) is 9.59 Å². The van der Waals surface area contributed by atoms with Gasteiger partial charge in [0, 0.05) is 12.8 Å². The Bertz CT molecular complexity index is 720. The van der Waals surface area contributed by atoms with Crippen molar-refractivity contribution in [1.82, 2.24) is 0 Å². The molecule has 0 heterocycles. The average molecular weight is 707 g/mol. The van der Waals surface area contributed by atoms with Crippen molar-refractivity contribution in [3.05, 3.63) is 12.2 Å². The third kappa shape index (κ3) is 39.4. The standard InChI is InChI=1S/C45H86O5/c1-3-5-7-9-11-13-15-17-19-21-22-24-25-27-29-31-33-35-37-39-44(47)49-42-43(41-46)50-45(48)40-38-36-34-32-30-28-26-23-20-18-16-14-12-10-8-6-4-2/h18,20,43,46H,3-17,19,21-42H2,1-2H3/b20-18+/t43-/m0/s1. The Hall–Kier alpha value is -1.36. The van der Waals surface area contributed by atoms with Crippen LogP contribution in [0.2, 0.25) is 0 Å². The van der Waals surface area contributed by atoms with Gasteiger partial charge in [0.05, 0.1) is 6.61 Å². The van der Waals surface area contributed by atoms with Gasteiger partial charge in [-0.25, -0.2) is 0 Å². The first-order valence-corrected chi connectivity index (χ1v) is 22.2. The van der Waals surface area contributed by atoms with Crippen LogP contribution >= 0.6 is 0 Å². The lowest BCUT2D eigenvalue weighted by molar-refractivity contribution is -0.161. The van der Waals surface area contributed by atoms with Gasteiger partial charge >= 0.3 is 11.9 Å². The van der Waals surface area contributed by atoms with E-state index in [0.717, 1.165) is 32.1 Å². The summed E-state index contributed by atoms with van der Waals surface area (Å²) < 4.78 is 10.6. The number of carbonyl (C=O) groups excluding carboxylic acids is 2. The van der Waals surface area contributed by atoms with Gasteiger partial charge in [-0.1, -0.05) is 206 Å². The van der Waals surface area contributed by atoms with Gasteiger partial charge in [0.1, 0.15) is 6.61 Å². The van der Waals surface area contributed by atoms with Crippen molar-refractivity contribution < 1.29 is 24.2 Å². The van der Waals surface area contributed by atoms with Gasteiger partial charge in [-0.15, -0.1) is 0 Å². The van der Waals surface area contributed by atoms with Crippen LogP contribution in [-0.4, -0.2) is 36.4 Å². The molecule has 5 nitrogen and oxygen atoms in total. The van der Waals surface area contributed by atoms with Crippen LogP contribution in [-0.2, 0) is 19.1 Å². The van der Waals surface area contributed by atoms with Crippen LogP contribution in [0.1, 0.15) is 245 Å². The van der Waals surface area contributed by atoms with Crippen LogP contribution in [0.25, 0.3) is 0 Å². The molecule has 0 aliphatic heterocycles. The summed E-state index contributed by atoms with van der Waals surface area (Å²) in [5.41, 5.74) is 0. The lowest BCUT2D eigenvalue weighted by Crippen LogP contribution is -2.28. The van der Waals surface area contributed by atoms with E-state index in [-0.39, 0.29) is 25.2 Å². The Kier molecular flexibility index (Phi) is 40.9. The fraction of sp³-hybridized carbons (Fsp3) is 0.911. The molecule has 0 spiro atoms. The van der Waals surface area contributed by atoms with Crippen LogP contribution in [0.5, 0.6) is 0 Å². The quantitative estimate of drug-likeness (QED) is 0.0389. The van der Waals surface area contributed by atoms with E-state index >= 15 is 0 Å². The zero-order valence-electron chi connectivity index (χ0n) is 33.7. The number of unbranched alkanes of at least 4 members (excludes halogenated alkanes) is 31. The Morgan fingerprint density at radius 1 is 0.440 bits per heavy atom. The first-order valence-electron chi connectivity index (χ1n) is 22.2. The number of esters is 2. The molecular weight excluding hydrogens is 620 g/mol. The van der Waals surface area contributed by atoms with E-state index in [1.54, 1.807) is 0 Å². The first-order chi connectivity index (χ1) is 24.6. The summed E-state index contributed by atoms with van der Waals surface area (Å²) in [6, 6.07) is 0. The summed E-state index contributed by atoms with van der Waals surface area (Å²) in [6.07, 6.45) is 48.5. The molecule has 296 valence electrons. The number of allylic oxidation sites excluding steroid dienone is 2. The smallest absolute Gasteiger partial charge is 0.306 e. The van der Waals surface area contributed by atoms with Gasteiger partial charge < -0.3 is 14.6 Å². The Morgan fingerprint density at radius 3 is 1.08 bits per heavy atom. The van der Waals surface area contributed by atoms with Crippen LogP contribution in [0.15, 0.2) is 12.2 Å². The second-order valence-electron chi connectivity index (χ2n) is 15.1. The molecule has 5 heteroatoms. The molecule has 0 aromatic rings. The topological polar surface area (TPSA) is 72.8 Å². The normalized spacial score (nSPS) is 12.1. The van der Waals surface area contributed by atoms with Crippen LogP contribution in [0.3, 0.4) is 0 Å². The van der Waals surface area contributed by atoms with Crippen LogP contribution in [0, 0.1) is 0 Å². The van der Waals surface area contributed by atoms with Crippen molar-refractivity contribution in [1.29, 1.82) is 0 Å². The highest BCUT2D eigenvalue weighted by Crippen LogP contribution is 2.16. The van der Waals surface area contributed by atoms with Crippen molar-refractivity contribution in [2.75, 3.05) is 13.2 Å². The molecule has 1 N–H and O–H groups in total. The molecule has 1 atom stereocenters. The first kappa shape index (κ1) is 48.6. The van der Waals surface area contributed by atoms with Crippen molar-refractivity contribution in [2.45, 2.75) is 251 Å². The zero-order chi connectivity index (χ0) is 36.4. The maximum absolute atomic E-state index is 12.2. The van der Waals surface area contributed by atoms with E-state index in [9.17, 15) is 14.7 Å². The predicted molar refractivity (Wildman–Crippen MR) is 215 cm³/mol.